The minimum absolute atomic E-state index is 0.194. The SMILES string of the molecule is CC1CC1CNC(=O)C1CCC(N)C1. The third kappa shape index (κ3) is 2.27. The van der Waals surface area contributed by atoms with Crippen LogP contribution in [0, 0.1) is 17.8 Å². The lowest BCUT2D eigenvalue weighted by Gasteiger charge is -2.10. The molecule has 0 aromatic heterocycles. The van der Waals surface area contributed by atoms with Crippen molar-refractivity contribution in [2.24, 2.45) is 23.5 Å². The summed E-state index contributed by atoms with van der Waals surface area (Å²) in [5, 5.41) is 3.04. The third-order valence-electron chi connectivity index (χ3n) is 3.66. The molecule has 3 heteroatoms. The van der Waals surface area contributed by atoms with E-state index in [1.165, 1.54) is 6.42 Å². The summed E-state index contributed by atoms with van der Waals surface area (Å²) in [4.78, 5) is 11.7. The molecule has 2 fully saturated rings. The van der Waals surface area contributed by atoms with Gasteiger partial charge in [0.1, 0.15) is 0 Å². The van der Waals surface area contributed by atoms with E-state index in [1.54, 1.807) is 0 Å². The van der Waals surface area contributed by atoms with E-state index in [0.717, 1.165) is 37.6 Å². The van der Waals surface area contributed by atoms with Gasteiger partial charge in [0.05, 0.1) is 0 Å². The van der Waals surface area contributed by atoms with E-state index in [1.807, 2.05) is 0 Å². The second-order valence-corrected chi connectivity index (χ2v) is 4.99. The van der Waals surface area contributed by atoms with E-state index in [-0.39, 0.29) is 17.9 Å². The van der Waals surface area contributed by atoms with Crippen molar-refractivity contribution in [2.45, 2.75) is 38.6 Å². The molecule has 2 aliphatic rings. The first kappa shape index (κ1) is 9.97. The third-order valence-corrected chi connectivity index (χ3v) is 3.66. The maximum absolute atomic E-state index is 11.7. The van der Waals surface area contributed by atoms with Gasteiger partial charge in [0.15, 0.2) is 0 Å². The van der Waals surface area contributed by atoms with Crippen molar-refractivity contribution >= 4 is 5.91 Å². The van der Waals surface area contributed by atoms with Crippen LogP contribution in [0.5, 0.6) is 0 Å². The molecule has 0 aromatic carbocycles. The summed E-state index contributed by atoms with van der Waals surface area (Å²) in [7, 11) is 0. The molecule has 0 aromatic rings. The van der Waals surface area contributed by atoms with Crippen LogP contribution in [0.2, 0.25) is 0 Å². The first-order chi connectivity index (χ1) is 6.66. The zero-order chi connectivity index (χ0) is 10.1. The van der Waals surface area contributed by atoms with Gasteiger partial charge in [-0.2, -0.15) is 0 Å². The summed E-state index contributed by atoms with van der Waals surface area (Å²) in [6.45, 7) is 3.12. The maximum Gasteiger partial charge on any atom is 0.223 e. The van der Waals surface area contributed by atoms with Crippen molar-refractivity contribution in [3.8, 4) is 0 Å². The van der Waals surface area contributed by atoms with Gasteiger partial charge in [0, 0.05) is 18.5 Å². The Morgan fingerprint density at radius 1 is 1.43 bits per heavy atom. The fourth-order valence-electron chi connectivity index (χ4n) is 2.31. The quantitative estimate of drug-likeness (QED) is 0.704. The van der Waals surface area contributed by atoms with E-state index in [0.29, 0.717) is 0 Å². The second kappa shape index (κ2) is 3.89. The smallest absolute Gasteiger partial charge is 0.223 e. The molecular formula is C11H20N2O. The minimum Gasteiger partial charge on any atom is -0.356 e. The number of hydrogen-bond donors (Lipinski definition) is 2. The van der Waals surface area contributed by atoms with Crippen LogP contribution in [-0.4, -0.2) is 18.5 Å². The van der Waals surface area contributed by atoms with Gasteiger partial charge < -0.3 is 11.1 Å². The van der Waals surface area contributed by atoms with E-state index < -0.39 is 0 Å². The van der Waals surface area contributed by atoms with Gasteiger partial charge in [-0.3, -0.25) is 4.79 Å². The van der Waals surface area contributed by atoms with E-state index in [2.05, 4.69) is 12.2 Å². The van der Waals surface area contributed by atoms with Gasteiger partial charge in [0.25, 0.3) is 0 Å². The summed E-state index contributed by atoms with van der Waals surface area (Å²) >= 11 is 0. The molecule has 0 bridgehead atoms. The fourth-order valence-corrected chi connectivity index (χ4v) is 2.31. The number of hydrogen-bond acceptors (Lipinski definition) is 2. The highest BCUT2D eigenvalue weighted by Crippen LogP contribution is 2.37. The van der Waals surface area contributed by atoms with Gasteiger partial charge in [-0.25, -0.2) is 0 Å². The van der Waals surface area contributed by atoms with E-state index >= 15 is 0 Å². The van der Waals surface area contributed by atoms with Crippen LogP contribution in [0.3, 0.4) is 0 Å². The predicted molar refractivity (Wildman–Crippen MR) is 55.6 cm³/mol. The monoisotopic (exact) mass is 196 g/mol. The molecule has 2 aliphatic carbocycles. The molecule has 0 radical (unpaired) electrons. The number of carbonyl (C=O) groups is 1. The van der Waals surface area contributed by atoms with Gasteiger partial charge in [0.2, 0.25) is 5.91 Å². The van der Waals surface area contributed by atoms with Crippen LogP contribution < -0.4 is 11.1 Å². The molecule has 0 spiro atoms. The Hall–Kier alpha value is -0.570. The first-order valence-corrected chi connectivity index (χ1v) is 5.70. The molecule has 4 atom stereocenters. The summed E-state index contributed by atoms with van der Waals surface area (Å²) in [6, 6.07) is 0.255. The van der Waals surface area contributed by atoms with Crippen LogP contribution in [0.1, 0.15) is 32.6 Å². The van der Waals surface area contributed by atoms with E-state index in [9.17, 15) is 4.79 Å². The Bertz CT molecular complexity index is 229. The lowest BCUT2D eigenvalue weighted by Crippen LogP contribution is -2.32. The van der Waals surface area contributed by atoms with Crippen molar-refractivity contribution in [1.29, 1.82) is 0 Å². The van der Waals surface area contributed by atoms with Crippen LogP contribution in [0.25, 0.3) is 0 Å². The molecule has 3 nitrogen and oxygen atoms in total. The Morgan fingerprint density at radius 3 is 2.64 bits per heavy atom. The largest absolute Gasteiger partial charge is 0.356 e. The minimum atomic E-state index is 0.194. The van der Waals surface area contributed by atoms with Crippen LogP contribution >= 0.6 is 0 Å². The second-order valence-electron chi connectivity index (χ2n) is 4.99. The van der Waals surface area contributed by atoms with Crippen LogP contribution in [0.15, 0.2) is 0 Å². The Balaban J connectivity index is 1.68. The molecule has 0 heterocycles. The fraction of sp³-hybridized carbons (Fsp3) is 0.909. The van der Waals surface area contributed by atoms with E-state index in [4.69, 9.17) is 5.73 Å². The number of nitrogens with one attached hydrogen (secondary N) is 1. The zero-order valence-corrected chi connectivity index (χ0v) is 8.83. The summed E-state index contributed by atoms with van der Waals surface area (Å²) in [5.74, 6) is 1.99. The standard InChI is InChI=1S/C11H20N2O/c1-7-4-9(7)6-13-11(14)8-2-3-10(12)5-8/h7-10H,2-6,12H2,1H3,(H,13,14). The summed E-state index contributed by atoms with van der Waals surface area (Å²) in [6.07, 6.45) is 4.15. The Labute approximate surface area is 85.4 Å². The highest BCUT2D eigenvalue weighted by Gasteiger charge is 2.34. The lowest BCUT2D eigenvalue weighted by molar-refractivity contribution is -0.124. The molecule has 0 saturated heterocycles. The highest BCUT2D eigenvalue weighted by atomic mass is 16.1. The van der Waals surface area contributed by atoms with Crippen molar-refractivity contribution in [3.63, 3.8) is 0 Å². The van der Waals surface area contributed by atoms with Gasteiger partial charge >= 0.3 is 0 Å². The normalized spacial score (nSPS) is 41.0. The maximum atomic E-state index is 11.7. The molecule has 2 rings (SSSR count). The molecular weight excluding hydrogens is 176 g/mol. The van der Waals surface area contributed by atoms with Crippen molar-refractivity contribution in [3.05, 3.63) is 0 Å². The van der Waals surface area contributed by atoms with Crippen molar-refractivity contribution < 1.29 is 4.79 Å². The predicted octanol–water partition coefficient (Wildman–Crippen LogP) is 0.886. The average molecular weight is 196 g/mol. The topological polar surface area (TPSA) is 55.1 Å². The molecule has 3 N–H and O–H groups in total. The Kier molecular flexibility index (Phi) is 2.77. The number of carbonyl (C=O) groups excluding carboxylic acids is 1. The Morgan fingerprint density at radius 2 is 2.14 bits per heavy atom. The lowest BCUT2D eigenvalue weighted by atomic mass is 10.1. The summed E-state index contributed by atoms with van der Waals surface area (Å²) < 4.78 is 0. The summed E-state index contributed by atoms with van der Waals surface area (Å²) in [5.41, 5.74) is 5.77. The van der Waals surface area contributed by atoms with Crippen LogP contribution in [-0.2, 0) is 4.79 Å². The highest BCUT2D eigenvalue weighted by molar-refractivity contribution is 5.79. The molecule has 2 saturated carbocycles. The molecule has 4 unspecified atom stereocenters. The molecule has 0 aliphatic heterocycles. The average Bonchev–Trinajstić information content (AvgIpc) is 2.66. The molecule has 80 valence electrons. The molecule has 1 amide bonds. The van der Waals surface area contributed by atoms with Crippen molar-refractivity contribution in [1.82, 2.24) is 5.32 Å². The van der Waals surface area contributed by atoms with Crippen LogP contribution in [0.4, 0.5) is 0 Å². The number of rotatable bonds is 3. The first-order valence-electron chi connectivity index (χ1n) is 5.70. The van der Waals surface area contributed by atoms with Gasteiger partial charge in [-0.05, 0) is 37.5 Å². The van der Waals surface area contributed by atoms with Crippen molar-refractivity contribution in [2.75, 3.05) is 6.54 Å². The number of nitrogens with two attached hydrogens (primary N) is 1. The zero-order valence-electron chi connectivity index (χ0n) is 8.83. The number of amides is 1. The van der Waals surface area contributed by atoms with Gasteiger partial charge in [-0.15, -0.1) is 0 Å². The van der Waals surface area contributed by atoms with Gasteiger partial charge in [-0.1, -0.05) is 6.92 Å². The molecule has 14 heavy (non-hydrogen) atoms.